The number of ether oxygens (including phenoxy) is 1. The van der Waals surface area contributed by atoms with Crippen LogP contribution in [0.4, 0.5) is 4.79 Å². The van der Waals surface area contributed by atoms with Gasteiger partial charge in [-0.3, -0.25) is 0 Å². The summed E-state index contributed by atoms with van der Waals surface area (Å²) in [5.74, 6) is 5.97. The minimum absolute atomic E-state index is 0.265. The van der Waals surface area contributed by atoms with Gasteiger partial charge in [-0.1, -0.05) is 59.8 Å². The molecule has 112 valence electrons. The number of carbonyl (C=O) groups excluding carboxylic acids is 1. The van der Waals surface area contributed by atoms with E-state index in [2.05, 4.69) is 17.2 Å². The Bertz CT molecular complexity index is 674. The first kappa shape index (κ1) is 15.9. The Hall–Kier alpha value is -2.44. The molecule has 2 aromatic carbocycles. The largest absolute Gasteiger partial charge is 0.445 e. The van der Waals surface area contributed by atoms with Gasteiger partial charge in [0.1, 0.15) is 6.61 Å². The van der Waals surface area contributed by atoms with Crippen LogP contribution in [0, 0.1) is 11.8 Å². The van der Waals surface area contributed by atoms with Crippen molar-refractivity contribution in [3.8, 4) is 11.8 Å². The van der Waals surface area contributed by atoms with Gasteiger partial charge in [-0.2, -0.15) is 0 Å². The van der Waals surface area contributed by atoms with Crippen LogP contribution in [-0.4, -0.2) is 12.6 Å². The van der Waals surface area contributed by atoms with Crippen molar-refractivity contribution < 1.29 is 9.53 Å². The molecule has 0 aromatic heterocycles. The van der Waals surface area contributed by atoms with Crippen LogP contribution in [0.3, 0.4) is 0 Å². The van der Waals surface area contributed by atoms with E-state index in [0.29, 0.717) is 18.0 Å². The van der Waals surface area contributed by atoms with E-state index in [4.69, 9.17) is 16.3 Å². The maximum atomic E-state index is 11.5. The number of amides is 1. The van der Waals surface area contributed by atoms with Crippen molar-refractivity contribution in [3.05, 3.63) is 70.7 Å². The monoisotopic (exact) mass is 313 g/mol. The number of benzene rings is 2. The van der Waals surface area contributed by atoms with Crippen LogP contribution in [0.1, 0.15) is 17.5 Å². The van der Waals surface area contributed by atoms with Gasteiger partial charge in [0.05, 0.1) is 0 Å². The number of carbonyl (C=O) groups is 1. The van der Waals surface area contributed by atoms with Crippen molar-refractivity contribution in [2.24, 2.45) is 0 Å². The van der Waals surface area contributed by atoms with Gasteiger partial charge in [0, 0.05) is 23.6 Å². The molecule has 22 heavy (non-hydrogen) atoms. The van der Waals surface area contributed by atoms with Crippen LogP contribution in [0.25, 0.3) is 0 Å². The Balaban J connectivity index is 1.65. The smallest absolute Gasteiger partial charge is 0.407 e. The van der Waals surface area contributed by atoms with E-state index >= 15 is 0 Å². The fraction of sp³-hybridized carbons (Fsp3) is 0.167. The fourth-order valence-electron chi connectivity index (χ4n) is 1.73. The Morgan fingerprint density at radius 2 is 1.95 bits per heavy atom. The zero-order valence-corrected chi connectivity index (χ0v) is 12.8. The maximum Gasteiger partial charge on any atom is 0.407 e. The molecule has 0 heterocycles. The Morgan fingerprint density at radius 1 is 1.14 bits per heavy atom. The molecule has 0 spiro atoms. The quantitative estimate of drug-likeness (QED) is 0.684. The van der Waals surface area contributed by atoms with Crippen LogP contribution < -0.4 is 5.32 Å². The van der Waals surface area contributed by atoms with E-state index in [1.165, 1.54) is 0 Å². The molecular formula is C18H16ClNO2. The molecule has 2 rings (SSSR count). The molecule has 0 atom stereocenters. The minimum Gasteiger partial charge on any atom is -0.445 e. The average molecular weight is 314 g/mol. The zero-order chi connectivity index (χ0) is 15.6. The first-order chi connectivity index (χ1) is 10.7. The number of nitrogens with one attached hydrogen (secondary N) is 1. The van der Waals surface area contributed by atoms with Gasteiger partial charge in [0.2, 0.25) is 0 Å². The number of halogens is 1. The van der Waals surface area contributed by atoms with Crippen molar-refractivity contribution in [2.75, 3.05) is 6.54 Å². The molecule has 2 aromatic rings. The summed E-state index contributed by atoms with van der Waals surface area (Å²) in [6, 6.07) is 16.9. The van der Waals surface area contributed by atoms with E-state index in [0.717, 1.165) is 11.1 Å². The molecule has 0 saturated heterocycles. The minimum atomic E-state index is -0.437. The number of hydrogen-bond acceptors (Lipinski definition) is 2. The fourth-order valence-corrected chi connectivity index (χ4v) is 1.92. The van der Waals surface area contributed by atoms with Gasteiger partial charge in [-0.15, -0.1) is 0 Å². The molecule has 0 unspecified atom stereocenters. The SMILES string of the molecule is O=C(NCCC#Cc1cccc(Cl)c1)OCc1ccccc1. The van der Waals surface area contributed by atoms with E-state index in [-0.39, 0.29) is 6.61 Å². The van der Waals surface area contributed by atoms with Crippen molar-refractivity contribution in [1.29, 1.82) is 0 Å². The van der Waals surface area contributed by atoms with E-state index in [1.807, 2.05) is 42.5 Å². The van der Waals surface area contributed by atoms with E-state index in [9.17, 15) is 4.79 Å². The number of alkyl carbamates (subject to hydrolysis) is 1. The summed E-state index contributed by atoms with van der Waals surface area (Å²) in [4.78, 5) is 11.5. The normalized spacial score (nSPS) is 9.50. The summed E-state index contributed by atoms with van der Waals surface area (Å²) in [6.45, 7) is 0.710. The molecule has 4 heteroatoms. The number of rotatable bonds is 4. The van der Waals surface area contributed by atoms with Gasteiger partial charge in [0.25, 0.3) is 0 Å². The lowest BCUT2D eigenvalue weighted by Crippen LogP contribution is -2.24. The van der Waals surface area contributed by atoms with Crippen LogP contribution in [0.2, 0.25) is 5.02 Å². The van der Waals surface area contributed by atoms with Crippen molar-refractivity contribution >= 4 is 17.7 Å². The molecule has 0 radical (unpaired) electrons. The lowest BCUT2D eigenvalue weighted by Gasteiger charge is -2.05. The van der Waals surface area contributed by atoms with Crippen molar-refractivity contribution in [3.63, 3.8) is 0 Å². The average Bonchev–Trinajstić information content (AvgIpc) is 2.54. The Labute approximate surface area is 135 Å². The molecule has 3 nitrogen and oxygen atoms in total. The second kappa shape index (κ2) is 8.76. The molecule has 1 N–H and O–H groups in total. The maximum absolute atomic E-state index is 11.5. The second-order valence-electron chi connectivity index (χ2n) is 4.55. The Kier molecular flexibility index (Phi) is 6.35. The first-order valence-electron chi connectivity index (χ1n) is 6.93. The van der Waals surface area contributed by atoms with E-state index < -0.39 is 6.09 Å². The first-order valence-corrected chi connectivity index (χ1v) is 7.31. The summed E-state index contributed by atoms with van der Waals surface area (Å²) < 4.78 is 5.09. The lowest BCUT2D eigenvalue weighted by atomic mass is 10.2. The molecule has 0 aliphatic carbocycles. The summed E-state index contributed by atoms with van der Waals surface area (Å²) in [5, 5.41) is 3.32. The third kappa shape index (κ3) is 5.90. The molecule has 0 saturated carbocycles. The summed E-state index contributed by atoms with van der Waals surface area (Å²) >= 11 is 5.87. The van der Waals surface area contributed by atoms with Crippen LogP contribution in [0.5, 0.6) is 0 Å². The Morgan fingerprint density at radius 3 is 2.73 bits per heavy atom. The summed E-state index contributed by atoms with van der Waals surface area (Å²) in [6.07, 6.45) is 0.112. The second-order valence-corrected chi connectivity index (χ2v) is 4.99. The zero-order valence-electron chi connectivity index (χ0n) is 12.0. The summed E-state index contributed by atoms with van der Waals surface area (Å²) in [5.41, 5.74) is 1.82. The van der Waals surface area contributed by atoms with Crippen molar-refractivity contribution in [1.82, 2.24) is 5.32 Å². The highest BCUT2D eigenvalue weighted by Gasteiger charge is 2.00. The third-order valence-corrected chi connectivity index (χ3v) is 3.02. The highest BCUT2D eigenvalue weighted by atomic mass is 35.5. The highest BCUT2D eigenvalue weighted by Crippen LogP contribution is 2.09. The standard InChI is InChI=1S/C18H16ClNO2/c19-17-11-6-10-15(13-17)7-4-5-12-20-18(21)22-14-16-8-2-1-3-9-16/h1-3,6,8-11,13H,5,12,14H2,(H,20,21). The number of hydrogen-bond donors (Lipinski definition) is 1. The molecule has 0 fully saturated rings. The van der Waals surface area contributed by atoms with Gasteiger partial charge in [-0.05, 0) is 23.8 Å². The summed E-state index contributed by atoms with van der Waals surface area (Å²) in [7, 11) is 0. The van der Waals surface area contributed by atoms with E-state index in [1.54, 1.807) is 12.1 Å². The predicted octanol–water partition coefficient (Wildman–Crippen LogP) is 4.01. The molecule has 0 aliphatic rings. The third-order valence-electron chi connectivity index (χ3n) is 2.79. The highest BCUT2D eigenvalue weighted by molar-refractivity contribution is 6.30. The molecule has 1 amide bonds. The predicted molar refractivity (Wildman–Crippen MR) is 87.6 cm³/mol. The molecule has 0 bridgehead atoms. The van der Waals surface area contributed by atoms with Gasteiger partial charge in [-0.25, -0.2) is 4.79 Å². The molecular weight excluding hydrogens is 298 g/mol. The van der Waals surface area contributed by atoms with Gasteiger partial charge in [0.15, 0.2) is 0 Å². The van der Waals surface area contributed by atoms with Crippen LogP contribution in [0.15, 0.2) is 54.6 Å². The van der Waals surface area contributed by atoms with Crippen LogP contribution in [-0.2, 0) is 11.3 Å². The van der Waals surface area contributed by atoms with Crippen LogP contribution >= 0.6 is 11.6 Å². The lowest BCUT2D eigenvalue weighted by molar-refractivity contribution is 0.140. The van der Waals surface area contributed by atoms with Crippen molar-refractivity contribution in [2.45, 2.75) is 13.0 Å². The molecule has 0 aliphatic heterocycles. The van der Waals surface area contributed by atoms with Gasteiger partial charge >= 0.3 is 6.09 Å². The topological polar surface area (TPSA) is 38.3 Å². The van der Waals surface area contributed by atoms with Gasteiger partial charge < -0.3 is 10.1 Å².